The van der Waals surface area contributed by atoms with Crippen LogP contribution >= 0.6 is 0 Å². The zero-order valence-electron chi connectivity index (χ0n) is 22.8. The summed E-state index contributed by atoms with van der Waals surface area (Å²) in [7, 11) is 0. The maximum Gasteiger partial charge on any atom is 0.335 e. The Bertz CT molecular complexity index is 2000. The average Bonchev–Trinajstić information content (AvgIpc) is 3.42. The van der Waals surface area contributed by atoms with Crippen molar-refractivity contribution in [3.05, 3.63) is 137 Å². The number of rotatable bonds is 7. The van der Waals surface area contributed by atoms with Gasteiger partial charge in [0.25, 0.3) is 5.91 Å². The van der Waals surface area contributed by atoms with E-state index < -0.39 is 5.97 Å². The number of carbonyl (C=O) groups is 2. The minimum Gasteiger partial charge on any atom is -0.478 e. The molecule has 0 unspecified atom stereocenters. The Hall–Kier alpha value is -5.74. The molecule has 2 heterocycles. The van der Waals surface area contributed by atoms with Crippen molar-refractivity contribution >= 4 is 33.7 Å². The fraction of sp³-hybridized carbons (Fsp3) is 0.0857. The van der Waals surface area contributed by atoms with Crippen LogP contribution in [0.25, 0.3) is 32.9 Å². The molecule has 0 aliphatic heterocycles. The maximum atomic E-state index is 13.9. The summed E-state index contributed by atoms with van der Waals surface area (Å²) in [6.07, 6.45) is 3.77. The summed E-state index contributed by atoms with van der Waals surface area (Å²) in [5.41, 5.74) is 6.62. The number of aromatic carboxylic acids is 1. The van der Waals surface area contributed by atoms with Crippen LogP contribution in [0.15, 0.2) is 109 Å². The second-order valence-corrected chi connectivity index (χ2v) is 10.2. The average molecular weight is 551 g/mol. The first-order valence-electron chi connectivity index (χ1n) is 13.5. The number of pyridine rings is 1. The van der Waals surface area contributed by atoms with Crippen LogP contribution in [0, 0.1) is 11.3 Å². The molecule has 1 amide bonds. The third-order valence-corrected chi connectivity index (χ3v) is 7.48. The van der Waals surface area contributed by atoms with Gasteiger partial charge in [-0.15, -0.1) is 0 Å². The topological polar surface area (TPSA) is 108 Å². The van der Waals surface area contributed by atoms with E-state index in [1.807, 2.05) is 49.5 Å². The monoisotopic (exact) mass is 550 g/mol. The number of aromatic nitrogens is 2. The zero-order valence-corrected chi connectivity index (χ0v) is 22.8. The van der Waals surface area contributed by atoms with Crippen molar-refractivity contribution in [3.63, 3.8) is 0 Å². The summed E-state index contributed by atoms with van der Waals surface area (Å²) in [6, 6.07) is 31.7. The number of carboxylic acid groups (broad SMARTS) is 1. The van der Waals surface area contributed by atoms with E-state index in [-0.39, 0.29) is 17.5 Å². The molecule has 7 nitrogen and oxygen atoms in total. The Morgan fingerprint density at radius 2 is 1.71 bits per heavy atom. The van der Waals surface area contributed by atoms with Gasteiger partial charge >= 0.3 is 5.97 Å². The second-order valence-electron chi connectivity index (χ2n) is 10.2. The van der Waals surface area contributed by atoms with Gasteiger partial charge in [0.2, 0.25) is 0 Å². The normalized spacial score (nSPS) is 11.7. The van der Waals surface area contributed by atoms with Gasteiger partial charge in [-0.3, -0.25) is 9.78 Å². The Kier molecular flexibility index (Phi) is 6.95. The molecule has 1 atom stereocenters. The lowest BCUT2D eigenvalue weighted by Gasteiger charge is -2.17. The first-order valence-corrected chi connectivity index (χ1v) is 13.5. The van der Waals surface area contributed by atoms with E-state index in [0.717, 1.165) is 44.1 Å². The summed E-state index contributed by atoms with van der Waals surface area (Å²) >= 11 is 0. The van der Waals surface area contributed by atoms with Crippen molar-refractivity contribution < 1.29 is 14.7 Å². The molecular weight excluding hydrogens is 524 g/mol. The number of carboxylic acids is 1. The third kappa shape index (κ3) is 5.21. The van der Waals surface area contributed by atoms with Gasteiger partial charge in [-0.25, -0.2) is 4.79 Å². The first-order chi connectivity index (χ1) is 20.4. The summed E-state index contributed by atoms with van der Waals surface area (Å²) < 4.78 is 2.07. The number of fused-ring (bicyclic) bond motifs is 2. The van der Waals surface area contributed by atoms with Gasteiger partial charge in [-0.05, 0) is 83.8 Å². The van der Waals surface area contributed by atoms with Crippen molar-refractivity contribution in [1.29, 1.82) is 5.26 Å². The van der Waals surface area contributed by atoms with Crippen molar-refractivity contribution in [2.75, 3.05) is 0 Å². The maximum absolute atomic E-state index is 13.9. The van der Waals surface area contributed by atoms with E-state index in [4.69, 9.17) is 0 Å². The molecule has 6 aromatic rings. The molecule has 42 heavy (non-hydrogen) atoms. The number of nitriles is 1. The quantitative estimate of drug-likeness (QED) is 0.223. The highest BCUT2D eigenvalue weighted by Crippen LogP contribution is 2.30. The second kappa shape index (κ2) is 11.0. The number of hydrogen-bond acceptors (Lipinski definition) is 4. The van der Waals surface area contributed by atoms with Gasteiger partial charge < -0.3 is 15.0 Å². The molecule has 204 valence electrons. The van der Waals surface area contributed by atoms with Crippen molar-refractivity contribution in [3.8, 4) is 17.2 Å². The fourth-order valence-corrected chi connectivity index (χ4v) is 5.24. The summed E-state index contributed by atoms with van der Waals surface area (Å²) in [5, 5.41) is 23.5. The van der Waals surface area contributed by atoms with Crippen molar-refractivity contribution in [2.45, 2.75) is 19.5 Å². The Morgan fingerprint density at radius 3 is 2.45 bits per heavy atom. The van der Waals surface area contributed by atoms with E-state index in [1.165, 1.54) is 12.1 Å². The molecule has 2 aromatic heterocycles. The largest absolute Gasteiger partial charge is 0.478 e. The van der Waals surface area contributed by atoms with Gasteiger partial charge in [0.15, 0.2) is 0 Å². The summed E-state index contributed by atoms with van der Waals surface area (Å²) in [5.74, 6) is -1.24. The Morgan fingerprint density at radius 1 is 0.929 bits per heavy atom. The minimum absolute atomic E-state index is 0.191. The van der Waals surface area contributed by atoms with Gasteiger partial charge in [0, 0.05) is 29.7 Å². The van der Waals surface area contributed by atoms with Crippen LogP contribution in [-0.2, 0) is 6.54 Å². The van der Waals surface area contributed by atoms with Crippen LogP contribution in [0.1, 0.15) is 50.4 Å². The summed E-state index contributed by atoms with van der Waals surface area (Å²) in [4.78, 5) is 29.7. The molecule has 2 N–H and O–H groups in total. The smallest absolute Gasteiger partial charge is 0.335 e. The minimum atomic E-state index is -0.997. The number of benzene rings is 4. The highest BCUT2D eigenvalue weighted by Gasteiger charge is 2.19. The van der Waals surface area contributed by atoms with E-state index in [1.54, 1.807) is 30.5 Å². The van der Waals surface area contributed by atoms with E-state index >= 15 is 0 Å². The highest BCUT2D eigenvalue weighted by molar-refractivity contribution is 6.08. The lowest BCUT2D eigenvalue weighted by atomic mass is 9.98. The molecular formula is C35H26N4O3. The Balaban J connectivity index is 1.40. The van der Waals surface area contributed by atoms with Gasteiger partial charge in [0.1, 0.15) is 0 Å². The SMILES string of the molecule is C[C@H](NC(=O)c1cc(-c2ccc(C#N)cc2)cc2ccn(Cc3ccc4cccnc4c3)c12)c1ccc(C(=O)O)cc1. The van der Waals surface area contributed by atoms with Crippen LogP contribution in [0.2, 0.25) is 0 Å². The lowest BCUT2D eigenvalue weighted by molar-refractivity contribution is 0.0696. The predicted molar refractivity (Wildman–Crippen MR) is 162 cm³/mol. The molecule has 0 aliphatic carbocycles. The van der Waals surface area contributed by atoms with Crippen molar-refractivity contribution in [2.24, 2.45) is 0 Å². The third-order valence-electron chi connectivity index (χ3n) is 7.48. The van der Waals surface area contributed by atoms with Crippen LogP contribution in [0.5, 0.6) is 0 Å². The molecule has 7 heteroatoms. The molecule has 0 radical (unpaired) electrons. The van der Waals surface area contributed by atoms with E-state index in [0.29, 0.717) is 17.7 Å². The standard InChI is InChI=1S/C35H26N4O3/c1-22(25-10-12-28(13-11-25)35(41)42)38-34(40)31-19-30(26-7-4-23(20-36)5-8-26)18-29-14-16-39(33(29)31)21-24-6-9-27-3-2-15-37-32(27)17-24/h2-19,22H,21H2,1H3,(H,38,40)(H,41,42)/t22-/m0/s1. The molecule has 0 saturated heterocycles. The van der Waals surface area contributed by atoms with Gasteiger partial charge in [0.05, 0.1) is 39.8 Å². The number of nitrogens with zero attached hydrogens (tertiary/aromatic N) is 3. The number of amides is 1. The molecule has 0 fully saturated rings. The molecule has 0 saturated carbocycles. The van der Waals surface area contributed by atoms with Crippen LogP contribution < -0.4 is 5.32 Å². The lowest BCUT2D eigenvalue weighted by Crippen LogP contribution is -2.27. The number of carbonyl (C=O) groups excluding carboxylic acids is 1. The Labute approximate surface area is 242 Å². The zero-order chi connectivity index (χ0) is 29.2. The molecule has 6 rings (SSSR count). The van der Waals surface area contributed by atoms with Gasteiger partial charge in [-0.1, -0.05) is 42.5 Å². The first kappa shape index (κ1) is 26.5. The molecule has 0 spiro atoms. The van der Waals surface area contributed by atoms with Crippen LogP contribution in [0.3, 0.4) is 0 Å². The van der Waals surface area contributed by atoms with E-state index in [2.05, 4.69) is 45.2 Å². The predicted octanol–water partition coefficient (Wildman–Crippen LogP) is 6.97. The summed E-state index contributed by atoms with van der Waals surface area (Å²) in [6.45, 7) is 2.43. The molecule has 4 aromatic carbocycles. The fourth-order valence-electron chi connectivity index (χ4n) is 5.24. The number of hydrogen-bond donors (Lipinski definition) is 2. The van der Waals surface area contributed by atoms with Crippen LogP contribution in [-0.4, -0.2) is 26.5 Å². The molecule has 0 bridgehead atoms. The van der Waals surface area contributed by atoms with Gasteiger partial charge in [-0.2, -0.15) is 5.26 Å². The van der Waals surface area contributed by atoms with Crippen LogP contribution in [0.4, 0.5) is 0 Å². The van der Waals surface area contributed by atoms with E-state index in [9.17, 15) is 20.0 Å². The number of nitrogens with one attached hydrogen (secondary N) is 1. The highest BCUT2D eigenvalue weighted by atomic mass is 16.4. The molecule has 0 aliphatic rings. The van der Waals surface area contributed by atoms with Crippen molar-refractivity contribution in [1.82, 2.24) is 14.9 Å².